The molecular formula is C31H26N2O5S. The van der Waals surface area contributed by atoms with Crippen LogP contribution < -0.4 is 19.8 Å². The van der Waals surface area contributed by atoms with Gasteiger partial charge in [-0.3, -0.25) is 14.5 Å². The van der Waals surface area contributed by atoms with Gasteiger partial charge in [-0.05, 0) is 56.2 Å². The summed E-state index contributed by atoms with van der Waals surface area (Å²) in [6, 6.07) is 21.7. The Morgan fingerprint density at radius 2 is 1.72 bits per heavy atom. The highest BCUT2D eigenvalue weighted by Crippen LogP contribution is 2.44. The third-order valence-corrected chi connectivity index (χ3v) is 7.89. The molecule has 6 rings (SSSR count). The number of aromatic nitrogens is 1. The van der Waals surface area contributed by atoms with Gasteiger partial charge in [0.15, 0.2) is 22.1 Å². The van der Waals surface area contributed by atoms with E-state index in [4.69, 9.17) is 13.9 Å². The van der Waals surface area contributed by atoms with Gasteiger partial charge >= 0.3 is 0 Å². The lowest BCUT2D eigenvalue weighted by Gasteiger charge is -2.23. The van der Waals surface area contributed by atoms with Crippen LogP contribution in [0.4, 0.5) is 5.13 Å². The predicted octanol–water partition coefficient (Wildman–Crippen LogP) is 6.59. The molecule has 8 heteroatoms. The molecule has 1 amide bonds. The van der Waals surface area contributed by atoms with Gasteiger partial charge in [-0.1, -0.05) is 48.5 Å². The van der Waals surface area contributed by atoms with Crippen molar-refractivity contribution in [1.29, 1.82) is 0 Å². The van der Waals surface area contributed by atoms with Crippen LogP contribution in [0.15, 0.2) is 82.0 Å². The van der Waals surface area contributed by atoms with E-state index in [1.54, 1.807) is 29.2 Å². The Kier molecular flexibility index (Phi) is 6.40. The number of ether oxygens (including phenoxy) is 2. The van der Waals surface area contributed by atoms with Crippen molar-refractivity contribution in [2.24, 2.45) is 0 Å². The normalized spacial score (nSPS) is 14.6. The molecule has 0 unspecified atom stereocenters. The highest BCUT2D eigenvalue weighted by atomic mass is 32.1. The molecule has 0 spiro atoms. The van der Waals surface area contributed by atoms with Crippen LogP contribution in [0, 0.1) is 13.8 Å². The quantitative estimate of drug-likeness (QED) is 0.232. The topological polar surface area (TPSA) is 81.9 Å². The fraction of sp³-hybridized carbons (Fsp3) is 0.194. The number of hydrogen-bond acceptors (Lipinski definition) is 7. The second-order valence-electron chi connectivity index (χ2n) is 9.30. The van der Waals surface area contributed by atoms with Crippen LogP contribution in [-0.2, 0) is 6.61 Å². The van der Waals surface area contributed by atoms with E-state index in [2.05, 4.69) is 4.98 Å². The predicted molar refractivity (Wildman–Crippen MR) is 151 cm³/mol. The van der Waals surface area contributed by atoms with E-state index in [9.17, 15) is 9.59 Å². The molecule has 1 atom stereocenters. The minimum atomic E-state index is -0.735. The molecule has 1 aliphatic heterocycles. The van der Waals surface area contributed by atoms with Gasteiger partial charge < -0.3 is 13.9 Å². The molecule has 7 nitrogen and oxygen atoms in total. The molecule has 3 heterocycles. The van der Waals surface area contributed by atoms with Crippen LogP contribution in [0.5, 0.6) is 11.5 Å². The molecule has 3 aromatic carbocycles. The Labute approximate surface area is 229 Å². The number of benzene rings is 3. The molecule has 0 N–H and O–H groups in total. The second kappa shape index (κ2) is 10.0. The summed E-state index contributed by atoms with van der Waals surface area (Å²) in [6.45, 7) is 6.57. The Morgan fingerprint density at radius 1 is 0.949 bits per heavy atom. The largest absolute Gasteiger partial charge is 0.490 e. The van der Waals surface area contributed by atoms with Crippen LogP contribution in [-0.4, -0.2) is 17.5 Å². The third-order valence-electron chi connectivity index (χ3n) is 6.82. The van der Waals surface area contributed by atoms with Crippen molar-refractivity contribution < 1.29 is 18.7 Å². The summed E-state index contributed by atoms with van der Waals surface area (Å²) in [4.78, 5) is 34.9. The highest BCUT2D eigenvalue weighted by Gasteiger charge is 2.45. The number of rotatable bonds is 7. The van der Waals surface area contributed by atoms with Crippen molar-refractivity contribution in [3.8, 4) is 11.5 Å². The molecule has 2 aromatic heterocycles. The lowest BCUT2D eigenvalue weighted by atomic mass is 9.98. The number of carbonyl (C=O) groups excluding carboxylic acids is 1. The minimum absolute atomic E-state index is 0.0385. The summed E-state index contributed by atoms with van der Waals surface area (Å²) in [5, 5.41) is 0.937. The van der Waals surface area contributed by atoms with Gasteiger partial charge in [0.05, 0.1) is 29.3 Å². The molecule has 0 saturated carbocycles. The first kappa shape index (κ1) is 24.9. The van der Waals surface area contributed by atoms with Gasteiger partial charge in [0.25, 0.3) is 5.91 Å². The number of amides is 1. The van der Waals surface area contributed by atoms with Gasteiger partial charge in [0.2, 0.25) is 5.76 Å². The number of aryl methyl sites for hydroxylation is 2. The van der Waals surface area contributed by atoms with Gasteiger partial charge in [-0.2, -0.15) is 0 Å². The molecule has 39 heavy (non-hydrogen) atoms. The first-order valence-corrected chi connectivity index (χ1v) is 13.5. The third kappa shape index (κ3) is 4.36. The van der Waals surface area contributed by atoms with Crippen LogP contribution in [0.3, 0.4) is 0 Å². The lowest BCUT2D eigenvalue weighted by Crippen LogP contribution is -2.29. The minimum Gasteiger partial charge on any atom is -0.490 e. The maximum Gasteiger partial charge on any atom is 0.297 e. The van der Waals surface area contributed by atoms with E-state index in [1.165, 1.54) is 11.3 Å². The fourth-order valence-corrected chi connectivity index (χ4v) is 5.75. The first-order chi connectivity index (χ1) is 19.0. The molecule has 0 bridgehead atoms. The summed E-state index contributed by atoms with van der Waals surface area (Å²) in [5.41, 5.74) is 3.00. The van der Waals surface area contributed by atoms with Gasteiger partial charge in [-0.15, -0.1) is 11.3 Å². The summed E-state index contributed by atoms with van der Waals surface area (Å²) in [5.74, 6) is 0.751. The summed E-state index contributed by atoms with van der Waals surface area (Å²) in [7, 11) is 0. The van der Waals surface area contributed by atoms with Crippen molar-refractivity contribution in [2.75, 3.05) is 11.5 Å². The SMILES string of the molecule is CCOc1cc([C@H]2c3c(oc4ccccc4c3=O)C(=O)N2c2nc(C)c(C)s2)ccc1OCc1ccccc1. The summed E-state index contributed by atoms with van der Waals surface area (Å²) in [6.07, 6.45) is 0. The lowest BCUT2D eigenvalue weighted by molar-refractivity contribution is 0.0971. The fourth-order valence-electron chi connectivity index (χ4n) is 4.81. The maximum absolute atomic E-state index is 13.8. The number of nitrogens with zero attached hydrogens (tertiary/aromatic N) is 2. The second-order valence-corrected chi connectivity index (χ2v) is 10.5. The van der Waals surface area contributed by atoms with E-state index in [0.717, 1.165) is 16.1 Å². The van der Waals surface area contributed by atoms with Crippen molar-refractivity contribution in [2.45, 2.75) is 33.4 Å². The Hall–Kier alpha value is -4.43. The number of para-hydroxylation sites is 1. The standard InChI is InChI=1S/C31H26N2O5S/c1-4-36-25-16-21(14-15-24(25)37-17-20-10-6-5-7-11-20)27-26-28(34)22-12-8-9-13-23(22)38-29(26)30(35)33(27)31-32-18(2)19(3)39-31/h5-16,27H,4,17H2,1-3H3/t27-/m0/s1. The Balaban J connectivity index is 1.49. The molecular weight excluding hydrogens is 512 g/mol. The zero-order valence-electron chi connectivity index (χ0n) is 21.8. The molecule has 5 aromatic rings. The molecule has 0 aliphatic carbocycles. The summed E-state index contributed by atoms with van der Waals surface area (Å²) < 4.78 is 18.1. The first-order valence-electron chi connectivity index (χ1n) is 12.7. The number of anilines is 1. The highest BCUT2D eigenvalue weighted by molar-refractivity contribution is 7.15. The average molecular weight is 539 g/mol. The van der Waals surface area contributed by atoms with Crippen LogP contribution >= 0.6 is 11.3 Å². The Bertz CT molecular complexity index is 1740. The number of hydrogen-bond donors (Lipinski definition) is 0. The van der Waals surface area contributed by atoms with Crippen molar-refractivity contribution >= 4 is 33.3 Å². The average Bonchev–Trinajstić information content (AvgIpc) is 3.44. The monoisotopic (exact) mass is 538 g/mol. The molecule has 0 fully saturated rings. The molecule has 0 saturated heterocycles. The van der Waals surface area contributed by atoms with Crippen molar-refractivity contribution in [3.63, 3.8) is 0 Å². The Morgan fingerprint density at radius 3 is 2.46 bits per heavy atom. The van der Waals surface area contributed by atoms with E-state index < -0.39 is 11.9 Å². The number of carbonyl (C=O) groups is 1. The van der Waals surface area contributed by atoms with Crippen molar-refractivity contribution in [3.05, 3.63) is 116 Å². The van der Waals surface area contributed by atoms with Gasteiger partial charge in [0, 0.05) is 4.88 Å². The molecule has 0 radical (unpaired) electrons. The van der Waals surface area contributed by atoms with Crippen LogP contribution in [0.25, 0.3) is 11.0 Å². The smallest absolute Gasteiger partial charge is 0.297 e. The number of fused-ring (bicyclic) bond motifs is 2. The van der Waals surface area contributed by atoms with E-state index >= 15 is 0 Å². The summed E-state index contributed by atoms with van der Waals surface area (Å²) >= 11 is 1.41. The zero-order chi connectivity index (χ0) is 27.1. The number of thiazole rings is 1. The molecule has 1 aliphatic rings. The van der Waals surface area contributed by atoms with Crippen molar-refractivity contribution in [1.82, 2.24) is 4.98 Å². The van der Waals surface area contributed by atoms with E-state index in [1.807, 2.05) is 69.3 Å². The van der Waals surface area contributed by atoms with Gasteiger partial charge in [0.1, 0.15) is 12.2 Å². The van der Waals surface area contributed by atoms with E-state index in [0.29, 0.717) is 51.9 Å². The van der Waals surface area contributed by atoms with E-state index in [-0.39, 0.29) is 11.2 Å². The maximum atomic E-state index is 13.8. The molecule has 196 valence electrons. The van der Waals surface area contributed by atoms with Crippen LogP contribution in [0.2, 0.25) is 0 Å². The zero-order valence-corrected chi connectivity index (χ0v) is 22.6. The van der Waals surface area contributed by atoms with Gasteiger partial charge in [-0.25, -0.2) is 4.98 Å². The van der Waals surface area contributed by atoms with Crippen LogP contribution in [0.1, 0.15) is 50.8 Å².